The molecule has 1 aromatic heterocycles. The van der Waals surface area contributed by atoms with Crippen molar-refractivity contribution in [3.05, 3.63) is 48.2 Å². The van der Waals surface area contributed by atoms with Crippen LogP contribution in [0.1, 0.15) is 25.3 Å². The lowest BCUT2D eigenvalue weighted by atomic mass is 10.0. The molecule has 2 rings (SSSR count). The molecular weight excluding hydrogens is 210 g/mol. The number of hydrogen-bond acceptors (Lipinski definition) is 3. The van der Waals surface area contributed by atoms with Crippen molar-refractivity contribution in [2.45, 2.75) is 19.8 Å². The number of hydrogen-bond donors (Lipinski definition) is 2. The highest BCUT2D eigenvalue weighted by atomic mass is 15.0. The molecule has 0 aliphatic carbocycles. The molecule has 0 aliphatic heterocycles. The third kappa shape index (κ3) is 2.75. The summed E-state index contributed by atoms with van der Waals surface area (Å²) in [6.45, 7) is 4.35. The minimum absolute atomic E-state index is 0.512. The van der Waals surface area contributed by atoms with E-state index < -0.39 is 0 Å². The van der Waals surface area contributed by atoms with Crippen molar-refractivity contribution in [2.24, 2.45) is 0 Å². The van der Waals surface area contributed by atoms with E-state index in [9.17, 15) is 0 Å². The van der Waals surface area contributed by atoms with Crippen molar-refractivity contribution < 1.29 is 0 Å². The fourth-order valence-corrected chi connectivity index (χ4v) is 1.63. The Hall–Kier alpha value is -2.03. The topological polar surface area (TPSA) is 50.9 Å². The van der Waals surface area contributed by atoms with E-state index in [1.54, 1.807) is 6.20 Å². The maximum absolute atomic E-state index is 5.84. The Bertz CT molecular complexity index is 506. The Kier molecular flexibility index (Phi) is 3.28. The van der Waals surface area contributed by atoms with Gasteiger partial charge in [0.25, 0.3) is 0 Å². The second-order valence-corrected chi connectivity index (χ2v) is 4.35. The molecule has 3 heteroatoms. The lowest BCUT2D eigenvalue weighted by Gasteiger charge is -2.11. The fourth-order valence-electron chi connectivity index (χ4n) is 1.63. The molecular formula is C14H17N3. The Morgan fingerprint density at radius 1 is 1.18 bits per heavy atom. The van der Waals surface area contributed by atoms with Crippen LogP contribution in [0, 0.1) is 0 Å². The Morgan fingerprint density at radius 3 is 2.71 bits per heavy atom. The molecule has 3 nitrogen and oxygen atoms in total. The van der Waals surface area contributed by atoms with Gasteiger partial charge in [0.2, 0.25) is 0 Å². The zero-order chi connectivity index (χ0) is 12.3. The predicted octanol–water partition coefficient (Wildman–Crippen LogP) is 3.53. The number of nitrogens with one attached hydrogen (secondary N) is 1. The van der Waals surface area contributed by atoms with Gasteiger partial charge in [-0.15, -0.1) is 0 Å². The van der Waals surface area contributed by atoms with Gasteiger partial charge in [-0.1, -0.05) is 26.0 Å². The van der Waals surface area contributed by atoms with Crippen LogP contribution in [0.3, 0.4) is 0 Å². The summed E-state index contributed by atoms with van der Waals surface area (Å²) < 4.78 is 0. The van der Waals surface area contributed by atoms with Gasteiger partial charge in [-0.3, -0.25) is 0 Å². The van der Waals surface area contributed by atoms with Crippen LogP contribution in [-0.2, 0) is 0 Å². The zero-order valence-corrected chi connectivity index (χ0v) is 10.1. The van der Waals surface area contributed by atoms with E-state index in [4.69, 9.17) is 5.73 Å². The van der Waals surface area contributed by atoms with Crippen LogP contribution in [0.2, 0.25) is 0 Å². The summed E-state index contributed by atoms with van der Waals surface area (Å²) in [5.41, 5.74) is 8.81. The second-order valence-electron chi connectivity index (χ2n) is 4.35. The third-order valence-electron chi connectivity index (χ3n) is 2.65. The van der Waals surface area contributed by atoms with Crippen LogP contribution in [0.15, 0.2) is 42.6 Å². The molecule has 17 heavy (non-hydrogen) atoms. The van der Waals surface area contributed by atoms with Crippen LogP contribution in [0.25, 0.3) is 0 Å². The van der Waals surface area contributed by atoms with Crippen molar-refractivity contribution in [1.29, 1.82) is 0 Å². The van der Waals surface area contributed by atoms with Gasteiger partial charge in [-0.25, -0.2) is 4.98 Å². The maximum Gasteiger partial charge on any atom is 0.153 e. The first-order valence-electron chi connectivity index (χ1n) is 5.74. The van der Waals surface area contributed by atoms with Gasteiger partial charge in [-0.2, -0.15) is 0 Å². The molecule has 0 fully saturated rings. The first-order chi connectivity index (χ1) is 8.16. The van der Waals surface area contributed by atoms with Gasteiger partial charge in [0.1, 0.15) is 0 Å². The Balaban J connectivity index is 2.25. The van der Waals surface area contributed by atoms with Gasteiger partial charge in [-0.05, 0) is 35.7 Å². The molecule has 0 aliphatic rings. The molecule has 88 valence electrons. The van der Waals surface area contributed by atoms with Crippen LogP contribution < -0.4 is 11.1 Å². The third-order valence-corrected chi connectivity index (χ3v) is 2.65. The van der Waals surface area contributed by atoms with Crippen LogP contribution in [0.5, 0.6) is 0 Å². The number of rotatable bonds is 3. The molecule has 0 unspecified atom stereocenters. The molecule has 2 aromatic rings. The standard InChI is InChI=1S/C14H17N3/c1-10(2)11-5-3-6-12(9-11)17-14-13(15)7-4-8-16-14/h3-10H,15H2,1-2H3,(H,16,17). The van der Waals surface area contributed by atoms with Crippen molar-refractivity contribution in [3.8, 4) is 0 Å². The SMILES string of the molecule is CC(C)c1cccc(Nc2ncccc2N)c1. The first kappa shape index (κ1) is 11.5. The molecule has 0 radical (unpaired) electrons. The van der Waals surface area contributed by atoms with Crippen LogP contribution >= 0.6 is 0 Å². The Labute approximate surface area is 102 Å². The lowest BCUT2D eigenvalue weighted by molar-refractivity contribution is 0.867. The van der Waals surface area contributed by atoms with Crippen molar-refractivity contribution in [3.63, 3.8) is 0 Å². The minimum atomic E-state index is 0.512. The summed E-state index contributed by atoms with van der Waals surface area (Å²) in [5.74, 6) is 1.21. The van der Waals surface area contributed by atoms with E-state index in [0.717, 1.165) is 5.69 Å². The predicted molar refractivity (Wildman–Crippen MR) is 72.5 cm³/mol. The van der Waals surface area contributed by atoms with E-state index in [2.05, 4.69) is 36.3 Å². The number of aromatic nitrogens is 1. The summed E-state index contributed by atoms with van der Waals surface area (Å²) in [6.07, 6.45) is 1.73. The van der Waals surface area contributed by atoms with Crippen LogP contribution in [0.4, 0.5) is 17.2 Å². The van der Waals surface area contributed by atoms with Crippen molar-refractivity contribution in [2.75, 3.05) is 11.1 Å². The van der Waals surface area contributed by atoms with Gasteiger partial charge < -0.3 is 11.1 Å². The molecule has 1 aromatic carbocycles. The normalized spacial score (nSPS) is 10.5. The van der Waals surface area contributed by atoms with E-state index in [1.807, 2.05) is 24.3 Å². The maximum atomic E-state index is 5.84. The van der Waals surface area contributed by atoms with Gasteiger partial charge >= 0.3 is 0 Å². The number of nitrogen functional groups attached to an aromatic ring is 1. The largest absolute Gasteiger partial charge is 0.396 e. The molecule has 0 saturated carbocycles. The van der Waals surface area contributed by atoms with Crippen molar-refractivity contribution >= 4 is 17.2 Å². The average molecular weight is 227 g/mol. The summed E-state index contributed by atoms with van der Waals surface area (Å²) in [5, 5.41) is 3.23. The summed E-state index contributed by atoms with van der Waals surface area (Å²) >= 11 is 0. The number of benzene rings is 1. The van der Waals surface area contributed by atoms with E-state index >= 15 is 0 Å². The quantitative estimate of drug-likeness (QED) is 0.843. The van der Waals surface area contributed by atoms with Gasteiger partial charge in [0, 0.05) is 11.9 Å². The first-order valence-corrected chi connectivity index (χ1v) is 5.74. The van der Waals surface area contributed by atoms with Crippen molar-refractivity contribution in [1.82, 2.24) is 4.98 Å². The monoisotopic (exact) mass is 227 g/mol. The van der Waals surface area contributed by atoms with E-state index in [0.29, 0.717) is 17.4 Å². The number of nitrogens with zero attached hydrogens (tertiary/aromatic N) is 1. The van der Waals surface area contributed by atoms with Crippen LogP contribution in [-0.4, -0.2) is 4.98 Å². The average Bonchev–Trinajstić information content (AvgIpc) is 2.32. The number of anilines is 3. The molecule has 0 saturated heterocycles. The fraction of sp³-hybridized carbons (Fsp3) is 0.214. The molecule has 1 heterocycles. The highest BCUT2D eigenvalue weighted by Crippen LogP contribution is 2.23. The summed E-state index contributed by atoms with van der Waals surface area (Å²) in [6, 6.07) is 12.0. The lowest BCUT2D eigenvalue weighted by Crippen LogP contribution is -1.99. The molecule has 0 bridgehead atoms. The molecule has 0 spiro atoms. The van der Waals surface area contributed by atoms with E-state index in [-0.39, 0.29) is 0 Å². The zero-order valence-electron chi connectivity index (χ0n) is 10.1. The minimum Gasteiger partial charge on any atom is -0.396 e. The second kappa shape index (κ2) is 4.87. The highest BCUT2D eigenvalue weighted by Gasteiger charge is 2.02. The molecule has 0 amide bonds. The smallest absolute Gasteiger partial charge is 0.153 e. The molecule has 3 N–H and O–H groups in total. The molecule has 0 atom stereocenters. The van der Waals surface area contributed by atoms with Gasteiger partial charge in [0.15, 0.2) is 5.82 Å². The summed E-state index contributed by atoms with van der Waals surface area (Å²) in [7, 11) is 0. The summed E-state index contributed by atoms with van der Waals surface area (Å²) in [4.78, 5) is 4.21. The number of nitrogens with two attached hydrogens (primary N) is 1. The number of pyridine rings is 1. The highest BCUT2D eigenvalue weighted by molar-refractivity contribution is 5.68. The van der Waals surface area contributed by atoms with Gasteiger partial charge in [0.05, 0.1) is 5.69 Å². The Morgan fingerprint density at radius 2 is 2.00 bits per heavy atom. The van der Waals surface area contributed by atoms with E-state index in [1.165, 1.54) is 5.56 Å².